The van der Waals surface area contributed by atoms with Crippen molar-refractivity contribution < 1.29 is 22.3 Å². The maximum Gasteiger partial charge on any atom is 0.241 e. The van der Waals surface area contributed by atoms with Crippen molar-refractivity contribution >= 4 is 21.4 Å². The number of methoxy groups -OCH3 is 1. The highest BCUT2D eigenvalue weighted by Crippen LogP contribution is 2.33. The highest BCUT2D eigenvalue weighted by Gasteiger charge is 2.49. The highest BCUT2D eigenvalue weighted by molar-refractivity contribution is 7.91. The third kappa shape index (κ3) is 4.13. The number of ether oxygens (including phenoxy) is 1. The molecule has 0 saturated carbocycles. The molecule has 8 heteroatoms. The smallest absolute Gasteiger partial charge is 0.241 e. The average Bonchev–Trinajstić information content (AvgIpc) is 3.02. The average molecular weight is 418 g/mol. The molecule has 2 aliphatic rings. The number of hydrogen-bond donors (Lipinski definition) is 0. The van der Waals surface area contributed by atoms with Gasteiger partial charge in [0.2, 0.25) is 5.91 Å². The minimum absolute atomic E-state index is 0.0365. The predicted octanol–water partition coefficient (Wildman–Crippen LogP) is 1.89. The Hall–Kier alpha value is -2.45. The summed E-state index contributed by atoms with van der Waals surface area (Å²) < 4.78 is 43.2. The van der Waals surface area contributed by atoms with Crippen molar-refractivity contribution in [1.82, 2.24) is 4.90 Å². The molecule has 2 heterocycles. The van der Waals surface area contributed by atoms with Gasteiger partial charge in [0.25, 0.3) is 0 Å². The van der Waals surface area contributed by atoms with Crippen LogP contribution in [0, 0.1) is 5.82 Å². The molecule has 0 aliphatic carbocycles. The van der Waals surface area contributed by atoms with E-state index in [1.54, 1.807) is 48.4 Å². The van der Waals surface area contributed by atoms with E-state index in [1.807, 2.05) is 4.90 Å². The number of hydrogen-bond acceptors (Lipinski definition) is 5. The van der Waals surface area contributed by atoms with Crippen molar-refractivity contribution in [2.45, 2.75) is 18.5 Å². The Kier molecular flexibility index (Phi) is 5.31. The van der Waals surface area contributed by atoms with Crippen LogP contribution >= 0.6 is 0 Å². The number of sulfone groups is 1. The minimum Gasteiger partial charge on any atom is -0.497 e. The Morgan fingerprint density at radius 1 is 1.10 bits per heavy atom. The van der Waals surface area contributed by atoms with Crippen molar-refractivity contribution in [2.24, 2.45) is 0 Å². The molecule has 2 fully saturated rings. The molecule has 0 unspecified atom stereocenters. The van der Waals surface area contributed by atoms with E-state index >= 15 is 0 Å². The number of carbonyl (C=O) groups is 1. The molecular weight excluding hydrogens is 395 g/mol. The van der Waals surface area contributed by atoms with Crippen molar-refractivity contribution in [3.8, 4) is 5.75 Å². The Bertz CT molecular complexity index is 1010. The van der Waals surface area contributed by atoms with Gasteiger partial charge < -0.3 is 9.64 Å². The fourth-order valence-electron chi connectivity index (χ4n) is 4.22. The minimum atomic E-state index is -3.25. The van der Waals surface area contributed by atoms with Gasteiger partial charge in [-0.2, -0.15) is 0 Å². The molecule has 6 nitrogen and oxygen atoms in total. The Labute approximate surface area is 169 Å². The summed E-state index contributed by atoms with van der Waals surface area (Å²) >= 11 is 0. The molecule has 2 saturated heterocycles. The number of carbonyl (C=O) groups excluding carboxylic acids is 1. The molecule has 4 rings (SSSR count). The topological polar surface area (TPSA) is 66.9 Å². The molecule has 29 heavy (non-hydrogen) atoms. The molecule has 0 N–H and O–H groups in total. The van der Waals surface area contributed by atoms with E-state index in [-0.39, 0.29) is 35.8 Å². The van der Waals surface area contributed by atoms with E-state index in [1.165, 1.54) is 12.1 Å². The van der Waals surface area contributed by atoms with Crippen molar-refractivity contribution in [2.75, 3.05) is 36.6 Å². The number of benzene rings is 2. The lowest BCUT2D eigenvalue weighted by atomic mass is 10.0. The SMILES string of the molecule is COc1cccc(N2C(=O)CN(CCc3ccc(F)cc3)[C@H]3CS(=O)(=O)C[C@@H]32)c1. The molecular formula is C21H23FN2O4S. The Balaban J connectivity index is 1.58. The third-order valence-electron chi connectivity index (χ3n) is 5.63. The Morgan fingerprint density at radius 2 is 1.83 bits per heavy atom. The van der Waals surface area contributed by atoms with Crippen LogP contribution in [0.15, 0.2) is 48.5 Å². The van der Waals surface area contributed by atoms with Crippen molar-refractivity contribution in [3.63, 3.8) is 0 Å². The number of nitrogens with zero attached hydrogens (tertiary/aromatic N) is 2. The van der Waals surface area contributed by atoms with Gasteiger partial charge in [0.05, 0.1) is 31.2 Å². The molecule has 0 radical (unpaired) electrons. The van der Waals surface area contributed by atoms with E-state index in [2.05, 4.69) is 0 Å². The summed E-state index contributed by atoms with van der Waals surface area (Å²) in [5.74, 6) is 0.183. The number of piperazine rings is 1. The van der Waals surface area contributed by atoms with Crippen LogP contribution in [-0.4, -0.2) is 63.0 Å². The number of anilines is 1. The summed E-state index contributed by atoms with van der Waals surface area (Å²) in [4.78, 5) is 16.6. The predicted molar refractivity (Wildman–Crippen MR) is 108 cm³/mol. The first kappa shape index (κ1) is 19.8. The van der Waals surface area contributed by atoms with Crippen LogP contribution in [0.3, 0.4) is 0 Å². The van der Waals surface area contributed by atoms with Crippen molar-refractivity contribution in [3.05, 3.63) is 59.9 Å². The highest BCUT2D eigenvalue weighted by atomic mass is 32.2. The zero-order chi connectivity index (χ0) is 20.6. The second-order valence-corrected chi connectivity index (χ2v) is 9.68. The number of amides is 1. The summed E-state index contributed by atoms with van der Waals surface area (Å²) in [6, 6.07) is 12.7. The van der Waals surface area contributed by atoms with Crippen LogP contribution < -0.4 is 9.64 Å². The maximum absolute atomic E-state index is 13.1. The molecule has 2 aromatic carbocycles. The zero-order valence-corrected chi connectivity index (χ0v) is 16.9. The maximum atomic E-state index is 13.1. The lowest BCUT2D eigenvalue weighted by Crippen LogP contribution is -2.62. The fourth-order valence-corrected chi connectivity index (χ4v) is 6.20. The van der Waals surface area contributed by atoms with Gasteiger partial charge in [0.1, 0.15) is 11.6 Å². The summed E-state index contributed by atoms with van der Waals surface area (Å²) in [6.07, 6.45) is 0.621. The van der Waals surface area contributed by atoms with Crippen LogP contribution in [0.25, 0.3) is 0 Å². The van der Waals surface area contributed by atoms with Crippen LogP contribution in [-0.2, 0) is 21.1 Å². The fraction of sp³-hybridized carbons (Fsp3) is 0.381. The van der Waals surface area contributed by atoms with Gasteiger partial charge in [-0.15, -0.1) is 0 Å². The molecule has 0 aromatic heterocycles. The molecule has 0 spiro atoms. The van der Waals surface area contributed by atoms with E-state index in [0.717, 1.165) is 5.56 Å². The first-order chi connectivity index (χ1) is 13.9. The van der Waals surface area contributed by atoms with E-state index in [0.29, 0.717) is 24.4 Å². The summed E-state index contributed by atoms with van der Waals surface area (Å²) in [6.45, 7) is 0.690. The van der Waals surface area contributed by atoms with Gasteiger partial charge in [-0.05, 0) is 36.2 Å². The molecule has 2 aliphatic heterocycles. The van der Waals surface area contributed by atoms with Gasteiger partial charge in [-0.1, -0.05) is 18.2 Å². The van der Waals surface area contributed by atoms with E-state index < -0.39 is 15.9 Å². The second kappa shape index (κ2) is 7.76. The normalized spacial score (nSPS) is 23.8. The summed E-state index contributed by atoms with van der Waals surface area (Å²) in [7, 11) is -1.69. The Morgan fingerprint density at radius 3 is 2.55 bits per heavy atom. The van der Waals surface area contributed by atoms with Gasteiger partial charge in [-0.25, -0.2) is 12.8 Å². The monoisotopic (exact) mass is 418 g/mol. The third-order valence-corrected chi connectivity index (χ3v) is 7.33. The van der Waals surface area contributed by atoms with E-state index in [4.69, 9.17) is 4.74 Å². The molecule has 0 bridgehead atoms. The lowest BCUT2D eigenvalue weighted by molar-refractivity contribution is -0.123. The van der Waals surface area contributed by atoms with Gasteiger partial charge in [0.15, 0.2) is 9.84 Å². The van der Waals surface area contributed by atoms with Crippen LogP contribution in [0.2, 0.25) is 0 Å². The first-order valence-electron chi connectivity index (χ1n) is 9.51. The summed E-state index contributed by atoms with van der Waals surface area (Å²) in [5, 5.41) is 0. The molecule has 2 atom stereocenters. The van der Waals surface area contributed by atoms with Gasteiger partial charge in [-0.3, -0.25) is 9.69 Å². The van der Waals surface area contributed by atoms with Gasteiger partial charge in [0, 0.05) is 24.3 Å². The quantitative estimate of drug-likeness (QED) is 0.742. The largest absolute Gasteiger partial charge is 0.497 e. The number of fused-ring (bicyclic) bond motifs is 1. The lowest BCUT2D eigenvalue weighted by Gasteiger charge is -2.43. The molecule has 154 valence electrons. The van der Waals surface area contributed by atoms with Crippen molar-refractivity contribution in [1.29, 1.82) is 0 Å². The van der Waals surface area contributed by atoms with Crippen LogP contribution in [0.5, 0.6) is 5.75 Å². The van der Waals surface area contributed by atoms with Crippen LogP contribution in [0.4, 0.5) is 10.1 Å². The zero-order valence-electron chi connectivity index (χ0n) is 16.1. The van der Waals surface area contributed by atoms with Crippen LogP contribution in [0.1, 0.15) is 5.56 Å². The molecule has 2 aromatic rings. The van der Waals surface area contributed by atoms with Gasteiger partial charge >= 0.3 is 0 Å². The standard InChI is InChI=1S/C21H23FN2O4S/c1-28-18-4-2-3-17(11-18)24-20-14-29(26,27)13-19(20)23(12-21(24)25)10-9-15-5-7-16(22)8-6-15/h2-8,11,19-20H,9-10,12-14H2,1H3/t19-,20-/m0/s1. The summed E-state index contributed by atoms with van der Waals surface area (Å²) in [5.41, 5.74) is 1.60. The second-order valence-electron chi connectivity index (χ2n) is 7.52. The first-order valence-corrected chi connectivity index (χ1v) is 11.3. The number of rotatable bonds is 5. The van der Waals surface area contributed by atoms with E-state index in [9.17, 15) is 17.6 Å². The molecule has 1 amide bonds. The number of halogens is 1.